The lowest BCUT2D eigenvalue weighted by Gasteiger charge is -2.39. The summed E-state index contributed by atoms with van der Waals surface area (Å²) in [4.78, 5) is 0. The summed E-state index contributed by atoms with van der Waals surface area (Å²) >= 11 is 0. The van der Waals surface area contributed by atoms with Crippen molar-refractivity contribution >= 4 is 5.69 Å². The van der Waals surface area contributed by atoms with Gasteiger partial charge in [0.05, 0.1) is 19.6 Å². The summed E-state index contributed by atoms with van der Waals surface area (Å²) in [5.74, 6) is 0. The number of nitrogens with zero attached hydrogens (tertiary/aromatic N) is 1. The molecule has 0 amide bonds. The number of unbranched alkanes of at least 4 members (excludes halogenated alkanes) is 30. The van der Waals surface area contributed by atoms with Crippen molar-refractivity contribution in [1.29, 1.82) is 0 Å². The van der Waals surface area contributed by atoms with Gasteiger partial charge in [0, 0.05) is 0 Å². The van der Waals surface area contributed by atoms with Gasteiger partial charge in [-0.15, -0.1) is 0 Å². The van der Waals surface area contributed by atoms with Gasteiger partial charge in [0.15, 0.2) is 0 Å². The van der Waals surface area contributed by atoms with Crippen molar-refractivity contribution in [3.8, 4) is 0 Å². The fourth-order valence-corrected chi connectivity index (χ4v) is 7.70. The standard InChI is InChI=1S/C45H86N/c1-4-7-10-13-16-19-22-25-28-31-37-42-46(45-40-35-34-36-41-45,43-38-32-29-26-23-20-17-14-11-8-5-2)44-39-33-30-27-24-21-18-15-12-9-6-3/h34-36,40-41H,4-33,37-39,42-44H2,1-3H3/q+1. The lowest BCUT2D eigenvalue weighted by atomic mass is 10.0. The van der Waals surface area contributed by atoms with E-state index in [1.54, 1.807) is 5.69 Å². The molecule has 0 saturated carbocycles. The van der Waals surface area contributed by atoms with E-state index in [1.807, 2.05) is 0 Å². The van der Waals surface area contributed by atoms with E-state index in [0.29, 0.717) is 0 Å². The summed E-state index contributed by atoms with van der Waals surface area (Å²) in [6.07, 6.45) is 47.5. The van der Waals surface area contributed by atoms with E-state index in [2.05, 4.69) is 51.1 Å². The molecule has 1 heteroatoms. The van der Waals surface area contributed by atoms with Crippen LogP contribution in [0.5, 0.6) is 0 Å². The summed E-state index contributed by atoms with van der Waals surface area (Å²) in [6, 6.07) is 11.8. The maximum absolute atomic E-state index is 2.47. The molecule has 0 radical (unpaired) electrons. The number of hydrogen-bond donors (Lipinski definition) is 0. The van der Waals surface area contributed by atoms with E-state index < -0.39 is 0 Å². The first-order chi connectivity index (χ1) is 22.8. The van der Waals surface area contributed by atoms with Crippen LogP contribution in [0.15, 0.2) is 30.3 Å². The Morgan fingerprint density at radius 1 is 0.283 bits per heavy atom. The third-order valence-electron chi connectivity index (χ3n) is 10.9. The van der Waals surface area contributed by atoms with Crippen LogP contribution in [-0.2, 0) is 0 Å². The molecule has 1 aromatic carbocycles. The van der Waals surface area contributed by atoms with Crippen LogP contribution in [0.1, 0.15) is 233 Å². The Bertz CT molecular complexity index is 632. The van der Waals surface area contributed by atoms with Crippen molar-refractivity contribution in [2.24, 2.45) is 0 Å². The topological polar surface area (TPSA) is 0 Å². The van der Waals surface area contributed by atoms with Crippen molar-refractivity contribution in [3.05, 3.63) is 30.3 Å². The summed E-state index contributed by atoms with van der Waals surface area (Å²) in [5.41, 5.74) is 1.61. The summed E-state index contributed by atoms with van der Waals surface area (Å²) in [5, 5.41) is 0. The van der Waals surface area contributed by atoms with Crippen molar-refractivity contribution in [3.63, 3.8) is 0 Å². The zero-order valence-electron chi connectivity index (χ0n) is 32.3. The SMILES string of the molecule is CCCCCCCCCCCCC[N+](CCCCCCCCCCCCC)(CCCCCCCCCCCCC)c1ccccc1. The molecule has 0 heterocycles. The first kappa shape index (κ1) is 43.2. The predicted molar refractivity (Wildman–Crippen MR) is 212 cm³/mol. The van der Waals surface area contributed by atoms with Gasteiger partial charge in [-0.05, 0) is 50.7 Å². The fraction of sp³-hybridized carbons (Fsp3) is 0.867. The average molecular weight is 641 g/mol. The smallest absolute Gasteiger partial charge is 0.132 e. The average Bonchev–Trinajstić information content (AvgIpc) is 3.08. The van der Waals surface area contributed by atoms with Crippen molar-refractivity contribution in [2.75, 3.05) is 19.6 Å². The molecular weight excluding hydrogens is 555 g/mol. The van der Waals surface area contributed by atoms with Crippen LogP contribution in [0.4, 0.5) is 5.69 Å². The number of rotatable bonds is 37. The number of quaternary nitrogens is 1. The molecule has 0 aliphatic carbocycles. The van der Waals surface area contributed by atoms with E-state index in [9.17, 15) is 0 Å². The van der Waals surface area contributed by atoms with Crippen LogP contribution in [0, 0.1) is 0 Å². The number of para-hydroxylation sites is 1. The molecular formula is C45H86N+. The third-order valence-corrected chi connectivity index (χ3v) is 10.9. The molecule has 46 heavy (non-hydrogen) atoms. The van der Waals surface area contributed by atoms with Crippen LogP contribution < -0.4 is 4.48 Å². The Hall–Kier alpha value is -0.820. The highest BCUT2D eigenvalue weighted by molar-refractivity contribution is 5.42. The van der Waals surface area contributed by atoms with Crippen molar-refractivity contribution in [1.82, 2.24) is 4.48 Å². The van der Waals surface area contributed by atoms with Crippen LogP contribution in [0.2, 0.25) is 0 Å². The maximum Gasteiger partial charge on any atom is 0.132 e. The Balaban J connectivity index is 2.53. The molecule has 0 aliphatic heterocycles. The first-order valence-corrected chi connectivity index (χ1v) is 21.7. The Labute approximate surface area is 292 Å². The minimum Gasteiger partial charge on any atom is -0.291 e. The molecule has 270 valence electrons. The summed E-state index contributed by atoms with van der Waals surface area (Å²) in [6.45, 7) is 11.0. The highest BCUT2D eigenvalue weighted by atomic mass is 15.4. The molecule has 1 nitrogen and oxygen atoms in total. The van der Waals surface area contributed by atoms with Gasteiger partial charge in [-0.25, -0.2) is 0 Å². The highest BCUT2D eigenvalue weighted by Gasteiger charge is 2.29. The van der Waals surface area contributed by atoms with Crippen molar-refractivity contribution < 1.29 is 0 Å². The zero-order chi connectivity index (χ0) is 33.1. The van der Waals surface area contributed by atoms with E-state index in [0.717, 1.165) is 0 Å². The molecule has 0 fully saturated rings. The molecule has 1 rings (SSSR count). The van der Waals surface area contributed by atoms with Gasteiger partial charge in [0.2, 0.25) is 0 Å². The van der Waals surface area contributed by atoms with E-state index >= 15 is 0 Å². The van der Waals surface area contributed by atoms with Crippen LogP contribution in [0.3, 0.4) is 0 Å². The van der Waals surface area contributed by atoms with Crippen LogP contribution >= 0.6 is 0 Å². The minimum atomic E-state index is 1.26. The van der Waals surface area contributed by atoms with Gasteiger partial charge >= 0.3 is 0 Å². The van der Waals surface area contributed by atoms with E-state index in [-0.39, 0.29) is 0 Å². The van der Waals surface area contributed by atoms with E-state index in [4.69, 9.17) is 0 Å². The maximum atomic E-state index is 2.47. The lowest BCUT2D eigenvalue weighted by Crippen LogP contribution is -2.51. The molecule has 0 spiro atoms. The van der Waals surface area contributed by atoms with Crippen LogP contribution in [0.25, 0.3) is 0 Å². The molecule has 0 saturated heterocycles. The molecule has 0 N–H and O–H groups in total. The minimum absolute atomic E-state index is 1.26. The lowest BCUT2D eigenvalue weighted by molar-refractivity contribution is 0.252. The summed E-state index contributed by atoms with van der Waals surface area (Å²) < 4.78 is 1.26. The Kier molecular flexibility index (Phi) is 32.0. The van der Waals surface area contributed by atoms with Gasteiger partial charge in [0.25, 0.3) is 0 Å². The van der Waals surface area contributed by atoms with Gasteiger partial charge in [-0.1, -0.05) is 212 Å². The highest BCUT2D eigenvalue weighted by Crippen LogP contribution is 2.28. The van der Waals surface area contributed by atoms with Gasteiger partial charge in [-0.3, -0.25) is 4.48 Å². The van der Waals surface area contributed by atoms with Crippen molar-refractivity contribution in [2.45, 2.75) is 233 Å². The summed E-state index contributed by atoms with van der Waals surface area (Å²) in [7, 11) is 0. The van der Waals surface area contributed by atoms with E-state index in [1.165, 1.54) is 236 Å². The normalized spacial score (nSPS) is 11.9. The second-order valence-corrected chi connectivity index (χ2v) is 15.3. The van der Waals surface area contributed by atoms with Crippen LogP contribution in [-0.4, -0.2) is 19.6 Å². The molecule has 0 aliphatic rings. The monoisotopic (exact) mass is 641 g/mol. The number of benzene rings is 1. The third kappa shape index (κ3) is 25.2. The largest absolute Gasteiger partial charge is 0.291 e. The zero-order valence-corrected chi connectivity index (χ0v) is 32.3. The second-order valence-electron chi connectivity index (χ2n) is 15.3. The first-order valence-electron chi connectivity index (χ1n) is 21.7. The number of hydrogen-bond acceptors (Lipinski definition) is 0. The molecule has 1 aromatic rings. The van der Waals surface area contributed by atoms with Gasteiger partial charge < -0.3 is 0 Å². The second kappa shape index (κ2) is 34.1. The molecule has 0 unspecified atom stereocenters. The molecule has 0 aromatic heterocycles. The Morgan fingerprint density at radius 3 is 0.739 bits per heavy atom. The Morgan fingerprint density at radius 2 is 0.500 bits per heavy atom. The van der Waals surface area contributed by atoms with Gasteiger partial charge in [0.1, 0.15) is 5.69 Å². The quantitative estimate of drug-likeness (QED) is 0.0501. The predicted octanol–water partition coefficient (Wildman–Crippen LogP) is 15.9. The van der Waals surface area contributed by atoms with Gasteiger partial charge in [-0.2, -0.15) is 0 Å². The fourth-order valence-electron chi connectivity index (χ4n) is 7.70. The molecule has 0 atom stereocenters. The molecule has 0 bridgehead atoms.